The van der Waals surface area contributed by atoms with Crippen molar-refractivity contribution in [2.24, 2.45) is 4.99 Å². The first-order valence-corrected chi connectivity index (χ1v) is 10.6. The van der Waals surface area contributed by atoms with Crippen molar-refractivity contribution in [2.45, 2.75) is 62.7 Å². The number of fused-ring (bicyclic) bond motifs is 2. The van der Waals surface area contributed by atoms with Crippen molar-refractivity contribution >= 4 is 17.6 Å². The molecule has 5 nitrogen and oxygen atoms in total. The van der Waals surface area contributed by atoms with Crippen LogP contribution in [0.3, 0.4) is 0 Å². The maximum atomic E-state index is 6.57. The normalized spacial score (nSPS) is 29.7. The molecule has 3 heterocycles. The summed E-state index contributed by atoms with van der Waals surface area (Å²) in [7, 11) is 0. The van der Waals surface area contributed by atoms with Crippen LogP contribution < -0.4 is 10.6 Å². The second-order valence-corrected chi connectivity index (χ2v) is 8.34. The summed E-state index contributed by atoms with van der Waals surface area (Å²) in [6.07, 6.45) is 6.08. The number of nitrogens with zero attached hydrogens (tertiary/aromatic N) is 1. The van der Waals surface area contributed by atoms with Gasteiger partial charge >= 0.3 is 0 Å². The zero-order chi connectivity index (χ0) is 18.7. The van der Waals surface area contributed by atoms with Crippen LogP contribution in [0.25, 0.3) is 0 Å². The van der Waals surface area contributed by atoms with E-state index in [0.29, 0.717) is 24.8 Å². The van der Waals surface area contributed by atoms with Crippen LogP contribution in [0.2, 0.25) is 5.02 Å². The summed E-state index contributed by atoms with van der Waals surface area (Å²) in [5, 5.41) is 7.86. The minimum absolute atomic E-state index is 0.0654. The Morgan fingerprint density at radius 2 is 2.07 bits per heavy atom. The maximum Gasteiger partial charge on any atom is 0.191 e. The third-order valence-electron chi connectivity index (χ3n) is 6.21. The van der Waals surface area contributed by atoms with Crippen LogP contribution in [0, 0.1) is 0 Å². The Labute approximate surface area is 166 Å². The molecule has 148 valence electrons. The number of aliphatic imine (C=N–C) groups is 1. The van der Waals surface area contributed by atoms with Gasteiger partial charge in [0.1, 0.15) is 0 Å². The number of nitrogens with one attached hydrogen (secondary N) is 2. The van der Waals surface area contributed by atoms with Gasteiger partial charge in [-0.2, -0.15) is 0 Å². The second kappa shape index (κ2) is 8.38. The van der Waals surface area contributed by atoms with Crippen LogP contribution in [0.4, 0.5) is 0 Å². The Kier molecular flexibility index (Phi) is 5.90. The van der Waals surface area contributed by atoms with Crippen molar-refractivity contribution in [3.05, 3.63) is 34.9 Å². The predicted octanol–water partition coefficient (Wildman–Crippen LogP) is 3.26. The van der Waals surface area contributed by atoms with Crippen LogP contribution >= 0.6 is 11.6 Å². The molecule has 3 saturated heterocycles. The van der Waals surface area contributed by atoms with Crippen molar-refractivity contribution in [1.82, 2.24) is 10.6 Å². The van der Waals surface area contributed by atoms with Gasteiger partial charge in [-0.25, -0.2) is 0 Å². The molecule has 0 aliphatic carbocycles. The minimum Gasteiger partial charge on any atom is -0.381 e. The highest BCUT2D eigenvalue weighted by Crippen LogP contribution is 2.39. The Morgan fingerprint density at radius 1 is 1.26 bits per heavy atom. The predicted molar refractivity (Wildman–Crippen MR) is 109 cm³/mol. The van der Waals surface area contributed by atoms with Crippen LogP contribution in [-0.4, -0.2) is 50.5 Å². The smallest absolute Gasteiger partial charge is 0.191 e. The molecule has 3 aliphatic heterocycles. The first-order valence-electron chi connectivity index (χ1n) is 10.2. The van der Waals surface area contributed by atoms with Gasteiger partial charge in [-0.1, -0.05) is 29.8 Å². The van der Waals surface area contributed by atoms with Crippen molar-refractivity contribution in [3.8, 4) is 0 Å². The summed E-state index contributed by atoms with van der Waals surface area (Å²) in [4.78, 5) is 5.00. The molecule has 2 N–H and O–H groups in total. The summed E-state index contributed by atoms with van der Waals surface area (Å²) in [6, 6.07) is 8.55. The van der Waals surface area contributed by atoms with E-state index in [9.17, 15) is 0 Å². The van der Waals surface area contributed by atoms with Gasteiger partial charge in [-0.05, 0) is 50.7 Å². The molecule has 3 aliphatic rings. The molecular weight excluding hydrogens is 362 g/mol. The minimum atomic E-state index is -0.0654. The lowest BCUT2D eigenvalue weighted by molar-refractivity contribution is 0.0531. The van der Waals surface area contributed by atoms with Gasteiger partial charge < -0.3 is 20.1 Å². The summed E-state index contributed by atoms with van der Waals surface area (Å²) >= 11 is 6.57. The number of guanidine groups is 1. The molecule has 2 bridgehead atoms. The maximum absolute atomic E-state index is 6.57. The van der Waals surface area contributed by atoms with Gasteiger partial charge in [0.05, 0.1) is 24.8 Å². The summed E-state index contributed by atoms with van der Waals surface area (Å²) < 4.78 is 11.6. The molecule has 1 aromatic rings. The monoisotopic (exact) mass is 391 g/mol. The van der Waals surface area contributed by atoms with Crippen LogP contribution in [0.15, 0.2) is 29.3 Å². The van der Waals surface area contributed by atoms with Crippen molar-refractivity contribution in [2.75, 3.05) is 26.3 Å². The molecule has 4 rings (SSSR count). The van der Waals surface area contributed by atoms with E-state index in [1.54, 1.807) is 0 Å². The fraction of sp³-hybridized carbons (Fsp3) is 0.667. The molecule has 27 heavy (non-hydrogen) atoms. The summed E-state index contributed by atoms with van der Waals surface area (Å²) in [5.41, 5.74) is 1.13. The second-order valence-electron chi connectivity index (χ2n) is 7.93. The van der Waals surface area contributed by atoms with E-state index < -0.39 is 0 Å². The Bertz CT molecular complexity index is 675. The van der Waals surface area contributed by atoms with Crippen LogP contribution in [-0.2, 0) is 14.9 Å². The molecule has 1 aromatic carbocycles. The molecule has 0 amide bonds. The quantitative estimate of drug-likeness (QED) is 0.597. The van der Waals surface area contributed by atoms with Gasteiger partial charge in [0.2, 0.25) is 0 Å². The Hall–Kier alpha value is -1.30. The Morgan fingerprint density at radius 3 is 2.74 bits per heavy atom. The van der Waals surface area contributed by atoms with E-state index in [1.807, 2.05) is 12.1 Å². The summed E-state index contributed by atoms with van der Waals surface area (Å²) in [6.45, 7) is 5.16. The largest absolute Gasteiger partial charge is 0.381 e. The Balaban J connectivity index is 1.52. The van der Waals surface area contributed by atoms with Crippen molar-refractivity contribution in [3.63, 3.8) is 0 Å². The standard InChI is InChI=1S/C21H30ClN3O2/c1-2-23-20(25-18-13-15-7-8-19(18)27-15)24-14-21(9-11-26-12-10-21)16-5-3-4-6-17(16)22/h3-6,15,18-19H,2,7-14H2,1H3,(H2,23,24,25). The van der Waals surface area contributed by atoms with Gasteiger partial charge in [-0.15, -0.1) is 0 Å². The third-order valence-corrected chi connectivity index (χ3v) is 6.54. The lowest BCUT2D eigenvalue weighted by atomic mass is 9.74. The fourth-order valence-corrected chi connectivity index (χ4v) is 5.02. The van der Waals surface area contributed by atoms with Crippen LogP contribution in [0.5, 0.6) is 0 Å². The highest BCUT2D eigenvalue weighted by Gasteiger charge is 2.41. The van der Waals surface area contributed by atoms with Crippen LogP contribution in [0.1, 0.15) is 44.6 Å². The van der Waals surface area contributed by atoms with Gasteiger partial charge in [0.25, 0.3) is 0 Å². The van der Waals surface area contributed by atoms with Crippen molar-refractivity contribution in [1.29, 1.82) is 0 Å². The molecule has 0 saturated carbocycles. The van der Waals surface area contributed by atoms with E-state index in [1.165, 1.54) is 12.0 Å². The molecule has 0 radical (unpaired) electrons. The van der Waals surface area contributed by atoms with Gasteiger partial charge in [0, 0.05) is 30.2 Å². The molecule has 0 aromatic heterocycles. The molecule has 3 atom stereocenters. The van der Waals surface area contributed by atoms with E-state index in [4.69, 9.17) is 26.1 Å². The third kappa shape index (κ3) is 4.10. The van der Waals surface area contributed by atoms with Crippen molar-refractivity contribution < 1.29 is 9.47 Å². The highest BCUT2D eigenvalue weighted by atomic mass is 35.5. The number of hydrogen-bond acceptors (Lipinski definition) is 3. The first kappa shape index (κ1) is 19.0. The first-order chi connectivity index (χ1) is 13.2. The number of benzene rings is 1. The lowest BCUT2D eigenvalue weighted by Crippen LogP contribution is -2.48. The number of halogens is 1. The molecule has 3 fully saturated rings. The highest BCUT2D eigenvalue weighted by molar-refractivity contribution is 6.31. The van der Waals surface area contributed by atoms with Gasteiger partial charge in [0.15, 0.2) is 5.96 Å². The molecule has 3 unspecified atom stereocenters. The van der Waals surface area contributed by atoms with E-state index >= 15 is 0 Å². The zero-order valence-electron chi connectivity index (χ0n) is 16.0. The zero-order valence-corrected chi connectivity index (χ0v) is 16.8. The number of rotatable bonds is 5. The summed E-state index contributed by atoms with van der Waals surface area (Å²) in [5.74, 6) is 0.886. The topological polar surface area (TPSA) is 54.9 Å². The SMILES string of the molecule is CCNC(=NCC1(c2ccccc2Cl)CCOCC1)NC1CC2CCC1O2. The molecule has 0 spiro atoms. The average Bonchev–Trinajstić information content (AvgIpc) is 3.31. The average molecular weight is 392 g/mol. The van der Waals surface area contributed by atoms with E-state index in [0.717, 1.165) is 56.4 Å². The van der Waals surface area contributed by atoms with E-state index in [-0.39, 0.29) is 5.41 Å². The molecular formula is C21H30ClN3O2. The number of hydrogen-bond donors (Lipinski definition) is 2. The fourth-order valence-electron chi connectivity index (χ4n) is 4.68. The lowest BCUT2D eigenvalue weighted by Gasteiger charge is -2.37. The number of ether oxygens (including phenoxy) is 2. The van der Waals surface area contributed by atoms with Gasteiger partial charge in [-0.3, -0.25) is 4.99 Å². The van der Waals surface area contributed by atoms with E-state index in [2.05, 4.69) is 29.7 Å². The molecule has 6 heteroatoms.